The second-order valence-electron chi connectivity index (χ2n) is 6.41. The minimum absolute atomic E-state index is 0.150. The van der Waals surface area contributed by atoms with Crippen molar-refractivity contribution in [2.24, 2.45) is 0 Å². The zero-order valence-corrected chi connectivity index (χ0v) is 16.8. The van der Waals surface area contributed by atoms with Gasteiger partial charge in [0, 0.05) is 19.4 Å². The number of hydrogen-bond acceptors (Lipinski definition) is 7. The van der Waals surface area contributed by atoms with Gasteiger partial charge in [0.15, 0.2) is 5.76 Å². The normalized spacial score (nSPS) is 11.0. The molecule has 8 heteroatoms. The molecule has 3 rings (SSSR count). The maximum atomic E-state index is 12.4. The van der Waals surface area contributed by atoms with Crippen molar-refractivity contribution >= 4 is 11.6 Å². The first-order valence-electron chi connectivity index (χ1n) is 9.80. The van der Waals surface area contributed by atoms with Gasteiger partial charge in [-0.3, -0.25) is 4.79 Å². The van der Waals surface area contributed by atoms with Crippen LogP contribution in [-0.4, -0.2) is 47.2 Å². The number of ether oxygens (including phenoxy) is 1. The maximum Gasteiger partial charge on any atom is 0.238 e. The Hall–Kier alpha value is -3.13. The van der Waals surface area contributed by atoms with E-state index >= 15 is 0 Å². The van der Waals surface area contributed by atoms with Gasteiger partial charge >= 0.3 is 0 Å². The molecule has 0 atom stereocenters. The van der Waals surface area contributed by atoms with Crippen LogP contribution in [0, 0.1) is 0 Å². The lowest BCUT2D eigenvalue weighted by Gasteiger charge is -2.19. The Labute approximate surface area is 169 Å². The largest absolute Gasteiger partial charge is 0.490 e. The van der Waals surface area contributed by atoms with Gasteiger partial charge in [0.1, 0.15) is 12.4 Å². The highest BCUT2D eigenvalue weighted by Crippen LogP contribution is 2.24. The molecule has 2 heterocycles. The Morgan fingerprint density at radius 1 is 1.17 bits per heavy atom. The summed E-state index contributed by atoms with van der Waals surface area (Å²) in [5.74, 6) is 1.79. The second kappa shape index (κ2) is 10.4. The van der Waals surface area contributed by atoms with E-state index in [0.717, 1.165) is 19.6 Å². The van der Waals surface area contributed by atoms with Crippen LogP contribution in [0.15, 0.2) is 51.6 Å². The SMILES string of the molecule is CCN(CC)CCOc1ccccc1NC(=O)CCc1nc(-c2ccco2)no1. The molecule has 1 amide bonds. The Bertz CT molecular complexity index is 888. The Morgan fingerprint density at radius 3 is 2.76 bits per heavy atom. The van der Waals surface area contributed by atoms with Gasteiger partial charge in [0.25, 0.3) is 0 Å². The van der Waals surface area contributed by atoms with Crippen LogP contribution >= 0.6 is 0 Å². The van der Waals surface area contributed by atoms with Crippen molar-refractivity contribution in [2.75, 3.05) is 31.6 Å². The zero-order chi connectivity index (χ0) is 20.5. The van der Waals surface area contributed by atoms with Gasteiger partial charge in [-0.1, -0.05) is 31.1 Å². The van der Waals surface area contributed by atoms with Crippen molar-refractivity contribution in [3.63, 3.8) is 0 Å². The Morgan fingerprint density at radius 2 is 2.00 bits per heavy atom. The van der Waals surface area contributed by atoms with Crippen LogP contribution in [0.25, 0.3) is 11.6 Å². The van der Waals surface area contributed by atoms with Crippen LogP contribution in [0.5, 0.6) is 5.75 Å². The van der Waals surface area contributed by atoms with Crippen LogP contribution in [0.1, 0.15) is 26.2 Å². The number of nitrogens with zero attached hydrogens (tertiary/aromatic N) is 3. The van der Waals surface area contributed by atoms with Crippen LogP contribution in [0.2, 0.25) is 0 Å². The predicted octanol–water partition coefficient (Wildman–Crippen LogP) is 3.62. The van der Waals surface area contributed by atoms with E-state index in [0.29, 0.717) is 41.9 Å². The van der Waals surface area contributed by atoms with Crippen molar-refractivity contribution in [3.05, 3.63) is 48.6 Å². The molecule has 0 saturated carbocycles. The minimum Gasteiger partial charge on any atom is -0.490 e. The molecule has 0 spiro atoms. The number of aryl methyl sites for hydroxylation is 1. The Kier molecular flexibility index (Phi) is 7.40. The summed E-state index contributed by atoms with van der Waals surface area (Å²) in [6.07, 6.45) is 2.10. The number of nitrogens with one attached hydrogen (secondary N) is 1. The molecule has 0 aliphatic heterocycles. The summed E-state index contributed by atoms with van der Waals surface area (Å²) in [6.45, 7) is 7.61. The predicted molar refractivity (Wildman–Crippen MR) is 109 cm³/mol. The minimum atomic E-state index is -0.150. The molecule has 8 nitrogen and oxygen atoms in total. The lowest BCUT2D eigenvalue weighted by Crippen LogP contribution is -2.28. The molecular formula is C21H26N4O4. The maximum absolute atomic E-state index is 12.4. The number of rotatable bonds is 11. The summed E-state index contributed by atoms with van der Waals surface area (Å²) in [4.78, 5) is 18.9. The van der Waals surface area contributed by atoms with Crippen LogP contribution in [0.3, 0.4) is 0 Å². The van der Waals surface area contributed by atoms with Crippen LogP contribution < -0.4 is 10.1 Å². The molecule has 0 aliphatic carbocycles. The fraction of sp³-hybridized carbons (Fsp3) is 0.381. The number of carbonyl (C=O) groups excluding carboxylic acids is 1. The van der Waals surface area contributed by atoms with Gasteiger partial charge in [-0.25, -0.2) is 0 Å². The molecule has 0 fully saturated rings. The summed E-state index contributed by atoms with van der Waals surface area (Å²) < 4.78 is 16.3. The van der Waals surface area contributed by atoms with Gasteiger partial charge in [0.2, 0.25) is 17.6 Å². The smallest absolute Gasteiger partial charge is 0.238 e. The summed E-state index contributed by atoms with van der Waals surface area (Å²) in [5, 5.41) is 6.76. The number of carbonyl (C=O) groups is 1. The first kappa shape index (κ1) is 20.6. The third-order valence-corrected chi connectivity index (χ3v) is 4.50. The summed E-state index contributed by atoms with van der Waals surface area (Å²) in [7, 11) is 0. The number of furan rings is 1. The average Bonchev–Trinajstić information content (AvgIpc) is 3.42. The first-order valence-corrected chi connectivity index (χ1v) is 9.80. The van der Waals surface area contributed by atoms with E-state index in [1.807, 2.05) is 24.3 Å². The topological polar surface area (TPSA) is 93.6 Å². The van der Waals surface area contributed by atoms with Crippen LogP contribution in [-0.2, 0) is 11.2 Å². The number of aromatic nitrogens is 2. The van der Waals surface area contributed by atoms with Gasteiger partial charge in [-0.15, -0.1) is 0 Å². The molecule has 0 aliphatic rings. The standard InChI is InChI=1S/C21H26N4O4/c1-3-25(4-2)13-15-28-17-9-6-5-8-16(17)22-19(26)11-12-20-23-21(24-29-20)18-10-7-14-27-18/h5-10,14H,3-4,11-13,15H2,1-2H3,(H,22,26). The molecule has 3 aromatic rings. The van der Waals surface area contributed by atoms with Gasteiger partial charge in [0.05, 0.1) is 12.0 Å². The van der Waals surface area contributed by atoms with Crippen molar-refractivity contribution in [3.8, 4) is 17.3 Å². The average molecular weight is 398 g/mol. The van der Waals surface area contributed by atoms with E-state index in [4.69, 9.17) is 13.7 Å². The number of amides is 1. The van der Waals surface area contributed by atoms with Gasteiger partial charge in [-0.05, 0) is 37.4 Å². The highest BCUT2D eigenvalue weighted by molar-refractivity contribution is 5.92. The van der Waals surface area contributed by atoms with Crippen LogP contribution in [0.4, 0.5) is 5.69 Å². The number of anilines is 1. The number of benzene rings is 1. The fourth-order valence-corrected chi connectivity index (χ4v) is 2.82. The number of para-hydroxylation sites is 2. The quantitative estimate of drug-likeness (QED) is 0.527. The Balaban J connectivity index is 1.50. The summed E-state index contributed by atoms with van der Waals surface area (Å²) in [5.41, 5.74) is 0.652. The lowest BCUT2D eigenvalue weighted by atomic mass is 10.2. The fourth-order valence-electron chi connectivity index (χ4n) is 2.82. The second-order valence-corrected chi connectivity index (χ2v) is 6.41. The molecule has 0 radical (unpaired) electrons. The van der Waals surface area contributed by atoms with E-state index in [1.165, 1.54) is 0 Å². The highest BCUT2D eigenvalue weighted by atomic mass is 16.5. The van der Waals surface area contributed by atoms with E-state index < -0.39 is 0 Å². The van der Waals surface area contributed by atoms with Crippen molar-refractivity contribution < 1.29 is 18.5 Å². The molecule has 0 bridgehead atoms. The summed E-state index contributed by atoms with van der Waals surface area (Å²) in [6, 6.07) is 10.9. The third kappa shape index (κ3) is 5.92. The number of hydrogen-bond donors (Lipinski definition) is 1. The van der Waals surface area contributed by atoms with Gasteiger partial charge in [-0.2, -0.15) is 4.98 Å². The zero-order valence-electron chi connectivity index (χ0n) is 16.8. The van der Waals surface area contributed by atoms with E-state index in [-0.39, 0.29) is 12.3 Å². The van der Waals surface area contributed by atoms with Crippen molar-refractivity contribution in [2.45, 2.75) is 26.7 Å². The number of likely N-dealkylation sites (N-methyl/N-ethyl adjacent to an activating group) is 1. The lowest BCUT2D eigenvalue weighted by molar-refractivity contribution is -0.116. The van der Waals surface area contributed by atoms with E-state index in [2.05, 4.69) is 34.2 Å². The van der Waals surface area contributed by atoms with E-state index in [1.54, 1.807) is 18.4 Å². The molecule has 0 unspecified atom stereocenters. The monoisotopic (exact) mass is 398 g/mol. The molecular weight excluding hydrogens is 372 g/mol. The third-order valence-electron chi connectivity index (χ3n) is 4.50. The van der Waals surface area contributed by atoms with Crippen molar-refractivity contribution in [1.82, 2.24) is 15.0 Å². The molecule has 1 N–H and O–H groups in total. The van der Waals surface area contributed by atoms with E-state index in [9.17, 15) is 4.79 Å². The molecule has 2 aromatic heterocycles. The molecule has 0 saturated heterocycles. The first-order chi connectivity index (χ1) is 14.2. The molecule has 29 heavy (non-hydrogen) atoms. The highest BCUT2D eigenvalue weighted by Gasteiger charge is 2.13. The molecule has 154 valence electrons. The summed E-state index contributed by atoms with van der Waals surface area (Å²) >= 11 is 0. The molecule has 1 aromatic carbocycles. The van der Waals surface area contributed by atoms with Crippen molar-refractivity contribution in [1.29, 1.82) is 0 Å². The van der Waals surface area contributed by atoms with Gasteiger partial charge < -0.3 is 23.9 Å².